The number of unbranched alkanes of at least 4 members (excludes halogenated alkanes) is 2. The van der Waals surface area contributed by atoms with E-state index in [1.807, 2.05) is 13.0 Å². The van der Waals surface area contributed by atoms with E-state index >= 15 is 0 Å². The lowest BCUT2D eigenvalue weighted by Crippen LogP contribution is -2.33. The van der Waals surface area contributed by atoms with E-state index in [0.717, 1.165) is 25.7 Å². The second kappa shape index (κ2) is 7.27. The maximum Gasteiger partial charge on any atom is 0.242 e. The molecule has 0 aromatic heterocycles. The normalized spacial score (nSPS) is 12.8. The Balaban J connectivity index is 2.81. The number of nitrogens with two attached hydrogens (primary N) is 1. The Morgan fingerprint density at radius 1 is 1.40 bits per heavy atom. The molecule has 0 heterocycles. The van der Waals surface area contributed by atoms with Gasteiger partial charge in [0.05, 0.1) is 17.3 Å². The van der Waals surface area contributed by atoms with Gasteiger partial charge in [0.15, 0.2) is 0 Å². The van der Waals surface area contributed by atoms with Crippen molar-refractivity contribution in [2.45, 2.75) is 50.5 Å². The first-order valence-electron chi connectivity index (χ1n) is 6.72. The third kappa shape index (κ3) is 4.51. The Morgan fingerprint density at radius 2 is 2.10 bits per heavy atom. The molecule has 6 heteroatoms. The molecule has 1 aromatic rings. The van der Waals surface area contributed by atoms with Gasteiger partial charge >= 0.3 is 0 Å². The van der Waals surface area contributed by atoms with E-state index in [-0.39, 0.29) is 16.6 Å². The first-order valence-corrected chi connectivity index (χ1v) is 8.21. The average molecular weight is 295 g/mol. The molecular formula is C14H21N3O2S. The number of nitrogen functional groups attached to an aromatic ring is 1. The van der Waals surface area contributed by atoms with Gasteiger partial charge in [-0.25, -0.2) is 13.1 Å². The van der Waals surface area contributed by atoms with Crippen LogP contribution in [0.3, 0.4) is 0 Å². The van der Waals surface area contributed by atoms with Crippen molar-refractivity contribution in [3.8, 4) is 6.07 Å². The summed E-state index contributed by atoms with van der Waals surface area (Å²) in [7, 11) is -3.64. The summed E-state index contributed by atoms with van der Waals surface area (Å²) in [5, 5.41) is 8.75. The van der Waals surface area contributed by atoms with Crippen LogP contribution in [0.1, 0.15) is 45.1 Å². The Morgan fingerprint density at radius 3 is 2.65 bits per heavy atom. The fraction of sp³-hybridized carbons (Fsp3) is 0.500. The van der Waals surface area contributed by atoms with Gasteiger partial charge in [0.2, 0.25) is 10.0 Å². The molecule has 0 aliphatic heterocycles. The quantitative estimate of drug-likeness (QED) is 0.596. The maximum absolute atomic E-state index is 12.2. The second-order valence-electron chi connectivity index (χ2n) is 4.88. The molecule has 0 saturated heterocycles. The highest BCUT2D eigenvalue weighted by Gasteiger charge is 2.20. The topological polar surface area (TPSA) is 96.0 Å². The van der Waals surface area contributed by atoms with Crippen LogP contribution in [-0.4, -0.2) is 14.5 Å². The van der Waals surface area contributed by atoms with E-state index in [9.17, 15) is 8.42 Å². The SMILES string of the molecule is CCCCCC(C)NS(=O)(=O)c1ccc(C#N)cc1N. The predicted molar refractivity (Wildman–Crippen MR) is 79.5 cm³/mol. The first kappa shape index (κ1) is 16.5. The molecule has 1 rings (SSSR count). The Kier molecular flexibility index (Phi) is 5.99. The summed E-state index contributed by atoms with van der Waals surface area (Å²) in [6, 6.07) is 5.98. The van der Waals surface area contributed by atoms with Gasteiger partial charge in [-0.15, -0.1) is 0 Å². The number of hydrogen-bond donors (Lipinski definition) is 2. The number of nitrogens with zero attached hydrogens (tertiary/aromatic N) is 1. The summed E-state index contributed by atoms with van der Waals surface area (Å²) in [5.74, 6) is 0. The number of rotatable bonds is 7. The van der Waals surface area contributed by atoms with Crippen LogP contribution < -0.4 is 10.5 Å². The van der Waals surface area contributed by atoms with Crippen LogP contribution in [0, 0.1) is 11.3 Å². The molecule has 3 N–H and O–H groups in total. The van der Waals surface area contributed by atoms with Crippen molar-refractivity contribution in [1.29, 1.82) is 5.26 Å². The number of sulfonamides is 1. The summed E-state index contributed by atoms with van der Waals surface area (Å²) < 4.78 is 27.1. The van der Waals surface area contributed by atoms with Gasteiger partial charge in [-0.05, 0) is 31.5 Å². The molecule has 0 aliphatic carbocycles. The zero-order chi connectivity index (χ0) is 15.2. The van der Waals surface area contributed by atoms with Crippen molar-refractivity contribution >= 4 is 15.7 Å². The number of benzene rings is 1. The molecule has 1 unspecified atom stereocenters. The fourth-order valence-corrected chi connectivity index (χ4v) is 3.34. The standard InChI is InChI=1S/C14H21N3O2S/c1-3-4-5-6-11(2)17-20(18,19)14-8-7-12(10-15)9-13(14)16/h7-9,11,17H,3-6,16H2,1-2H3. The lowest BCUT2D eigenvalue weighted by Gasteiger charge is -2.15. The fourth-order valence-electron chi connectivity index (χ4n) is 1.95. The van der Waals surface area contributed by atoms with Gasteiger partial charge in [-0.3, -0.25) is 0 Å². The molecule has 0 aliphatic rings. The molecule has 0 spiro atoms. The molecule has 0 radical (unpaired) electrons. The Hall–Kier alpha value is -1.58. The minimum Gasteiger partial charge on any atom is -0.398 e. The molecule has 20 heavy (non-hydrogen) atoms. The van der Waals surface area contributed by atoms with Gasteiger partial charge in [0, 0.05) is 6.04 Å². The summed E-state index contributed by atoms with van der Waals surface area (Å²) in [5.41, 5.74) is 6.15. The van der Waals surface area contributed by atoms with Crippen molar-refractivity contribution in [2.24, 2.45) is 0 Å². The molecule has 0 fully saturated rings. The zero-order valence-electron chi connectivity index (χ0n) is 11.9. The smallest absolute Gasteiger partial charge is 0.242 e. The van der Waals surface area contributed by atoms with Crippen LogP contribution in [0.25, 0.3) is 0 Å². The van der Waals surface area contributed by atoms with Gasteiger partial charge < -0.3 is 5.73 Å². The first-order chi connectivity index (χ1) is 9.40. The third-order valence-corrected chi connectivity index (χ3v) is 4.69. The van der Waals surface area contributed by atoms with Gasteiger partial charge in [0.1, 0.15) is 4.90 Å². The maximum atomic E-state index is 12.2. The number of anilines is 1. The third-order valence-electron chi connectivity index (χ3n) is 3.03. The summed E-state index contributed by atoms with van der Waals surface area (Å²) in [6.45, 7) is 3.94. The van der Waals surface area contributed by atoms with Gasteiger partial charge in [-0.1, -0.05) is 26.2 Å². The van der Waals surface area contributed by atoms with E-state index in [2.05, 4.69) is 11.6 Å². The largest absolute Gasteiger partial charge is 0.398 e. The molecular weight excluding hydrogens is 274 g/mol. The van der Waals surface area contributed by atoms with Crippen molar-refractivity contribution in [3.05, 3.63) is 23.8 Å². The van der Waals surface area contributed by atoms with Crippen molar-refractivity contribution in [3.63, 3.8) is 0 Å². The molecule has 110 valence electrons. The summed E-state index contributed by atoms with van der Waals surface area (Å²) in [6.07, 6.45) is 3.97. The number of hydrogen-bond acceptors (Lipinski definition) is 4. The molecule has 0 bridgehead atoms. The number of nitriles is 1. The summed E-state index contributed by atoms with van der Waals surface area (Å²) >= 11 is 0. The minimum absolute atomic E-state index is 0.0267. The van der Waals surface area contributed by atoms with Crippen LogP contribution >= 0.6 is 0 Å². The van der Waals surface area contributed by atoms with E-state index in [0.29, 0.717) is 5.56 Å². The van der Waals surface area contributed by atoms with E-state index < -0.39 is 10.0 Å². The van der Waals surface area contributed by atoms with E-state index in [1.165, 1.54) is 18.2 Å². The van der Waals surface area contributed by atoms with Crippen molar-refractivity contribution < 1.29 is 8.42 Å². The minimum atomic E-state index is -3.64. The summed E-state index contributed by atoms with van der Waals surface area (Å²) in [4.78, 5) is 0.0267. The van der Waals surface area contributed by atoms with Crippen LogP contribution in [0.4, 0.5) is 5.69 Å². The van der Waals surface area contributed by atoms with Crippen LogP contribution in [-0.2, 0) is 10.0 Å². The highest BCUT2D eigenvalue weighted by Crippen LogP contribution is 2.20. The molecule has 1 atom stereocenters. The molecule has 0 saturated carbocycles. The van der Waals surface area contributed by atoms with E-state index in [4.69, 9.17) is 11.0 Å². The monoisotopic (exact) mass is 295 g/mol. The zero-order valence-corrected chi connectivity index (χ0v) is 12.7. The van der Waals surface area contributed by atoms with Crippen LogP contribution in [0.5, 0.6) is 0 Å². The highest BCUT2D eigenvalue weighted by molar-refractivity contribution is 7.89. The average Bonchev–Trinajstić information content (AvgIpc) is 2.37. The van der Waals surface area contributed by atoms with E-state index in [1.54, 1.807) is 0 Å². The predicted octanol–water partition coefficient (Wildman–Crippen LogP) is 2.39. The molecule has 0 amide bonds. The van der Waals surface area contributed by atoms with Gasteiger partial charge in [-0.2, -0.15) is 5.26 Å². The molecule has 5 nitrogen and oxygen atoms in total. The van der Waals surface area contributed by atoms with Crippen LogP contribution in [0.2, 0.25) is 0 Å². The lowest BCUT2D eigenvalue weighted by atomic mass is 10.1. The molecule has 1 aromatic carbocycles. The van der Waals surface area contributed by atoms with Crippen molar-refractivity contribution in [1.82, 2.24) is 4.72 Å². The Labute approximate surface area is 120 Å². The highest BCUT2D eigenvalue weighted by atomic mass is 32.2. The van der Waals surface area contributed by atoms with Crippen LogP contribution in [0.15, 0.2) is 23.1 Å². The Bertz CT molecular complexity index is 591. The van der Waals surface area contributed by atoms with Crippen molar-refractivity contribution in [2.75, 3.05) is 5.73 Å². The second-order valence-corrected chi connectivity index (χ2v) is 6.56. The number of nitrogens with one attached hydrogen (secondary N) is 1. The van der Waals surface area contributed by atoms with Gasteiger partial charge in [0.25, 0.3) is 0 Å². The lowest BCUT2D eigenvalue weighted by molar-refractivity contribution is 0.527.